The van der Waals surface area contributed by atoms with E-state index in [1.54, 1.807) is 11.8 Å². The van der Waals surface area contributed by atoms with Crippen LogP contribution in [0.3, 0.4) is 0 Å². The van der Waals surface area contributed by atoms with Crippen LogP contribution in [0.1, 0.15) is 24.3 Å². The van der Waals surface area contributed by atoms with Gasteiger partial charge in [-0.05, 0) is 32.9 Å². The quantitative estimate of drug-likeness (QED) is 0.644. The molecule has 0 fully saturated rings. The molecule has 0 aliphatic carbocycles. The van der Waals surface area contributed by atoms with Crippen molar-refractivity contribution in [1.82, 2.24) is 25.3 Å². The maximum absolute atomic E-state index is 12.3. The molecule has 0 saturated heterocycles. The minimum atomic E-state index is -0.205. The normalized spacial score (nSPS) is 10.8. The van der Waals surface area contributed by atoms with Gasteiger partial charge in [0.15, 0.2) is 5.82 Å². The Hall–Kier alpha value is -3.16. The van der Waals surface area contributed by atoms with Crippen molar-refractivity contribution in [1.29, 1.82) is 0 Å². The number of fused-ring (bicyclic) bond motifs is 1. The van der Waals surface area contributed by atoms with Gasteiger partial charge in [-0.25, -0.2) is 9.78 Å². The van der Waals surface area contributed by atoms with E-state index >= 15 is 0 Å². The smallest absolute Gasteiger partial charge is 0.317 e. The van der Waals surface area contributed by atoms with Crippen LogP contribution in [-0.2, 0) is 6.54 Å². The molecule has 0 atom stereocenters. The number of carbonyl (C=O) groups excluding carboxylic acids is 1. The molecule has 0 aliphatic heterocycles. The highest BCUT2D eigenvalue weighted by Gasteiger charge is 2.15. The van der Waals surface area contributed by atoms with Crippen LogP contribution in [0.25, 0.3) is 10.9 Å². The molecule has 0 saturated carbocycles. The predicted octanol–water partition coefficient (Wildman–Crippen LogP) is 2.85. The maximum Gasteiger partial charge on any atom is 0.317 e. The largest absolute Gasteiger partial charge is 0.489 e. The van der Waals surface area contributed by atoms with Gasteiger partial charge in [-0.3, -0.25) is 0 Å². The lowest BCUT2D eigenvalue weighted by Gasteiger charge is -2.19. The summed E-state index contributed by atoms with van der Waals surface area (Å²) in [5, 5.41) is 7.60. The molecular weight excluding hydrogens is 346 g/mol. The number of carbonyl (C=O) groups is 1. The molecule has 3 rings (SSSR count). The fourth-order valence-electron chi connectivity index (χ4n) is 2.66. The summed E-state index contributed by atoms with van der Waals surface area (Å²) in [5.41, 5.74) is 1.76. The van der Waals surface area contributed by atoms with Crippen LogP contribution < -0.4 is 10.1 Å². The number of ether oxygens (including phenoxy) is 1. The molecule has 2 amide bonds. The Bertz CT molecular complexity index is 925. The molecule has 0 bridgehead atoms. The van der Waals surface area contributed by atoms with Gasteiger partial charge in [0.05, 0.1) is 6.54 Å². The number of para-hydroxylation sites is 1. The van der Waals surface area contributed by atoms with Crippen LogP contribution >= 0.6 is 0 Å². The van der Waals surface area contributed by atoms with Gasteiger partial charge < -0.3 is 19.5 Å². The highest BCUT2D eigenvalue weighted by Crippen LogP contribution is 2.23. The van der Waals surface area contributed by atoms with Crippen molar-refractivity contribution in [2.24, 2.45) is 0 Å². The van der Waals surface area contributed by atoms with Crippen molar-refractivity contribution in [2.75, 3.05) is 19.7 Å². The van der Waals surface area contributed by atoms with E-state index < -0.39 is 0 Å². The third-order valence-corrected chi connectivity index (χ3v) is 4.02. The van der Waals surface area contributed by atoms with Gasteiger partial charge in [0, 0.05) is 17.6 Å². The van der Waals surface area contributed by atoms with Crippen LogP contribution in [0.5, 0.6) is 5.75 Å². The topological polar surface area (TPSA) is 93.4 Å². The van der Waals surface area contributed by atoms with Crippen molar-refractivity contribution in [2.45, 2.75) is 27.3 Å². The first kappa shape index (κ1) is 18.6. The molecular formula is C19H23N5O3. The summed E-state index contributed by atoms with van der Waals surface area (Å²) in [6, 6.07) is 9.59. The standard InChI is InChI=1S/C19H23N5O3/c1-4-24(12-17-22-14(3)23-27-17)19(25)20-10-11-26-16-7-5-6-15-9-8-13(2)21-18(15)16/h5-9H,4,10-12H2,1-3H3,(H,20,25). The number of aromatic nitrogens is 3. The third-order valence-electron chi connectivity index (χ3n) is 4.02. The Labute approximate surface area is 157 Å². The SMILES string of the molecule is CCN(Cc1nc(C)no1)C(=O)NCCOc1cccc2ccc(C)nc12. The minimum Gasteiger partial charge on any atom is -0.489 e. The second-order valence-corrected chi connectivity index (χ2v) is 6.11. The molecule has 0 unspecified atom stereocenters. The predicted molar refractivity (Wildman–Crippen MR) is 100 cm³/mol. The van der Waals surface area contributed by atoms with Gasteiger partial charge in [-0.1, -0.05) is 23.4 Å². The summed E-state index contributed by atoms with van der Waals surface area (Å²) in [4.78, 5) is 22.6. The number of hydrogen-bond acceptors (Lipinski definition) is 6. The Kier molecular flexibility index (Phi) is 5.85. The molecule has 27 heavy (non-hydrogen) atoms. The Morgan fingerprint density at radius 3 is 2.81 bits per heavy atom. The van der Waals surface area contributed by atoms with E-state index in [0.717, 1.165) is 16.6 Å². The second kappa shape index (κ2) is 8.48. The van der Waals surface area contributed by atoms with E-state index in [1.165, 1.54) is 0 Å². The van der Waals surface area contributed by atoms with Crippen molar-refractivity contribution < 1.29 is 14.1 Å². The Balaban J connectivity index is 1.52. The summed E-state index contributed by atoms with van der Waals surface area (Å²) in [6.45, 7) is 7.10. The lowest BCUT2D eigenvalue weighted by Crippen LogP contribution is -2.41. The van der Waals surface area contributed by atoms with Crippen molar-refractivity contribution in [3.8, 4) is 5.75 Å². The number of rotatable bonds is 7. The number of urea groups is 1. The number of nitrogens with zero attached hydrogens (tertiary/aromatic N) is 4. The molecule has 1 aromatic carbocycles. The number of hydrogen-bond donors (Lipinski definition) is 1. The molecule has 8 nitrogen and oxygen atoms in total. The first-order valence-electron chi connectivity index (χ1n) is 8.88. The van der Waals surface area contributed by atoms with E-state index in [1.807, 2.05) is 44.2 Å². The minimum absolute atomic E-state index is 0.205. The van der Waals surface area contributed by atoms with E-state index in [-0.39, 0.29) is 12.6 Å². The van der Waals surface area contributed by atoms with Gasteiger partial charge >= 0.3 is 6.03 Å². The number of amides is 2. The molecule has 0 spiro atoms. The fraction of sp³-hybridized carbons (Fsp3) is 0.368. The summed E-state index contributed by atoms with van der Waals surface area (Å²) in [5.74, 6) is 1.67. The van der Waals surface area contributed by atoms with E-state index in [9.17, 15) is 4.79 Å². The summed E-state index contributed by atoms with van der Waals surface area (Å²) in [7, 11) is 0. The average Bonchev–Trinajstić information content (AvgIpc) is 3.08. The van der Waals surface area contributed by atoms with E-state index in [2.05, 4.69) is 20.4 Å². The third kappa shape index (κ3) is 4.72. The van der Waals surface area contributed by atoms with Crippen LogP contribution in [0.2, 0.25) is 0 Å². The lowest BCUT2D eigenvalue weighted by molar-refractivity contribution is 0.187. The zero-order valence-corrected chi connectivity index (χ0v) is 15.7. The van der Waals surface area contributed by atoms with Crippen LogP contribution in [0.15, 0.2) is 34.9 Å². The molecule has 2 aromatic heterocycles. The van der Waals surface area contributed by atoms with Gasteiger partial charge in [0.1, 0.15) is 24.4 Å². The number of benzene rings is 1. The monoisotopic (exact) mass is 369 g/mol. The summed E-state index contributed by atoms with van der Waals surface area (Å²) in [6.07, 6.45) is 0. The lowest BCUT2D eigenvalue weighted by atomic mass is 10.2. The van der Waals surface area contributed by atoms with Crippen LogP contribution in [0.4, 0.5) is 4.79 Å². The second-order valence-electron chi connectivity index (χ2n) is 6.11. The van der Waals surface area contributed by atoms with Crippen LogP contribution in [-0.4, -0.2) is 45.8 Å². The first-order chi connectivity index (χ1) is 13.1. The highest BCUT2D eigenvalue weighted by molar-refractivity contribution is 5.84. The van der Waals surface area contributed by atoms with Crippen molar-refractivity contribution >= 4 is 16.9 Å². The molecule has 3 aromatic rings. The van der Waals surface area contributed by atoms with Crippen molar-refractivity contribution in [3.05, 3.63) is 47.7 Å². The van der Waals surface area contributed by atoms with Crippen LogP contribution in [0, 0.1) is 13.8 Å². The number of aryl methyl sites for hydroxylation is 2. The molecule has 142 valence electrons. The fourth-order valence-corrected chi connectivity index (χ4v) is 2.66. The van der Waals surface area contributed by atoms with Crippen molar-refractivity contribution in [3.63, 3.8) is 0 Å². The zero-order valence-electron chi connectivity index (χ0n) is 15.7. The Morgan fingerprint density at radius 1 is 1.22 bits per heavy atom. The molecule has 0 aliphatic rings. The van der Waals surface area contributed by atoms with Gasteiger partial charge in [-0.2, -0.15) is 4.98 Å². The van der Waals surface area contributed by atoms with E-state index in [0.29, 0.717) is 37.2 Å². The summed E-state index contributed by atoms with van der Waals surface area (Å²) < 4.78 is 10.9. The highest BCUT2D eigenvalue weighted by atomic mass is 16.5. The first-order valence-corrected chi connectivity index (χ1v) is 8.88. The van der Waals surface area contributed by atoms with Gasteiger partial charge in [0.2, 0.25) is 5.89 Å². The molecule has 1 N–H and O–H groups in total. The number of nitrogens with one attached hydrogen (secondary N) is 1. The van der Waals surface area contributed by atoms with Gasteiger partial charge in [-0.15, -0.1) is 0 Å². The van der Waals surface area contributed by atoms with E-state index in [4.69, 9.17) is 9.26 Å². The molecule has 8 heteroatoms. The maximum atomic E-state index is 12.3. The zero-order chi connectivity index (χ0) is 19.2. The Morgan fingerprint density at radius 2 is 2.07 bits per heavy atom. The van der Waals surface area contributed by atoms with Gasteiger partial charge in [0.25, 0.3) is 0 Å². The summed E-state index contributed by atoms with van der Waals surface area (Å²) >= 11 is 0. The number of pyridine rings is 1. The molecule has 0 radical (unpaired) electrons. The molecule has 2 heterocycles. The average molecular weight is 369 g/mol.